The molecule has 0 aliphatic carbocycles. The highest BCUT2D eigenvalue weighted by molar-refractivity contribution is 7.90. The van der Waals surface area contributed by atoms with Gasteiger partial charge in [0.1, 0.15) is 0 Å². The number of ketones is 1. The van der Waals surface area contributed by atoms with E-state index in [2.05, 4.69) is 0 Å². The molecule has 0 N–H and O–H groups in total. The third-order valence-corrected chi connectivity index (χ3v) is 4.22. The highest BCUT2D eigenvalue weighted by Gasteiger charge is 2.09. The predicted octanol–water partition coefficient (Wildman–Crippen LogP) is 2.82. The van der Waals surface area contributed by atoms with Gasteiger partial charge in [-0.2, -0.15) is 0 Å². The molecule has 2 rings (SSSR count). The van der Waals surface area contributed by atoms with E-state index in [9.17, 15) is 13.2 Å². The van der Waals surface area contributed by atoms with Crippen LogP contribution in [-0.2, 0) is 16.3 Å². The van der Waals surface area contributed by atoms with Gasteiger partial charge < -0.3 is 0 Å². The third-order valence-electron chi connectivity index (χ3n) is 3.09. The molecule has 0 atom stereocenters. The zero-order chi connectivity index (χ0) is 14.8. The SMILES string of the molecule is Cc1ccc(C(=O)Cc2ccc(S(C)(=O)=O)cc2)cc1. The minimum Gasteiger partial charge on any atom is -0.294 e. The van der Waals surface area contributed by atoms with Crippen molar-refractivity contribution in [3.63, 3.8) is 0 Å². The van der Waals surface area contributed by atoms with Gasteiger partial charge >= 0.3 is 0 Å². The molecule has 0 aliphatic rings. The number of carbonyl (C=O) groups excluding carboxylic acids is 1. The van der Waals surface area contributed by atoms with Crippen LogP contribution in [0.2, 0.25) is 0 Å². The van der Waals surface area contributed by atoms with Gasteiger partial charge in [-0.1, -0.05) is 42.0 Å². The zero-order valence-electron chi connectivity index (χ0n) is 11.5. The molecule has 2 aromatic carbocycles. The third kappa shape index (κ3) is 3.54. The van der Waals surface area contributed by atoms with E-state index in [4.69, 9.17) is 0 Å². The van der Waals surface area contributed by atoms with Crippen LogP contribution in [0.5, 0.6) is 0 Å². The fraction of sp³-hybridized carbons (Fsp3) is 0.188. The van der Waals surface area contributed by atoms with Crippen molar-refractivity contribution in [1.29, 1.82) is 0 Å². The van der Waals surface area contributed by atoms with Crippen molar-refractivity contribution in [1.82, 2.24) is 0 Å². The van der Waals surface area contributed by atoms with E-state index in [-0.39, 0.29) is 17.1 Å². The van der Waals surface area contributed by atoms with Gasteiger partial charge in [-0.05, 0) is 24.6 Å². The Morgan fingerprint density at radius 1 is 0.950 bits per heavy atom. The molecule has 0 fully saturated rings. The average Bonchev–Trinajstić information content (AvgIpc) is 2.39. The van der Waals surface area contributed by atoms with E-state index >= 15 is 0 Å². The van der Waals surface area contributed by atoms with Crippen LogP contribution in [0, 0.1) is 6.92 Å². The second-order valence-electron chi connectivity index (χ2n) is 4.88. The number of sulfone groups is 1. The Kier molecular flexibility index (Phi) is 4.04. The van der Waals surface area contributed by atoms with E-state index < -0.39 is 9.84 Å². The fourth-order valence-corrected chi connectivity index (χ4v) is 2.51. The Balaban J connectivity index is 2.14. The largest absolute Gasteiger partial charge is 0.294 e. The van der Waals surface area contributed by atoms with E-state index in [0.717, 1.165) is 11.1 Å². The Hall–Kier alpha value is -1.94. The van der Waals surface area contributed by atoms with Crippen molar-refractivity contribution in [3.8, 4) is 0 Å². The lowest BCUT2D eigenvalue weighted by atomic mass is 10.0. The van der Waals surface area contributed by atoms with Crippen LogP contribution in [0.1, 0.15) is 21.5 Å². The molecule has 0 amide bonds. The van der Waals surface area contributed by atoms with Gasteiger partial charge in [0.05, 0.1) is 4.90 Å². The van der Waals surface area contributed by atoms with Crippen molar-refractivity contribution in [3.05, 3.63) is 65.2 Å². The molecule has 0 heterocycles. The first-order chi connectivity index (χ1) is 9.36. The van der Waals surface area contributed by atoms with E-state index in [0.29, 0.717) is 5.56 Å². The standard InChI is InChI=1S/C16H16O3S/c1-12-3-7-14(8-4-12)16(17)11-13-5-9-15(10-6-13)20(2,18)19/h3-10H,11H2,1-2H3. The Bertz CT molecular complexity index is 711. The highest BCUT2D eigenvalue weighted by Crippen LogP contribution is 2.13. The van der Waals surface area contributed by atoms with Gasteiger partial charge in [0.25, 0.3) is 0 Å². The summed E-state index contributed by atoms with van der Waals surface area (Å²) in [6.45, 7) is 1.97. The number of aryl methyl sites for hydroxylation is 1. The maximum absolute atomic E-state index is 12.1. The summed E-state index contributed by atoms with van der Waals surface area (Å²) in [6.07, 6.45) is 1.44. The molecule has 0 aromatic heterocycles. The first-order valence-corrected chi connectivity index (χ1v) is 8.14. The molecular formula is C16H16O3S. The first-order valence-electron chi connectivity index (χ1n) is 6.25. The lowest BCUT2D eigenvalue weighted by molar-refractivity contribution is 0.0993. The monoisotopic (exact) mass is 288 g/mol. The molecule has 0 radical (unpaired) electrons. The van der Waals surface area contributed by atoms with Crippen LogP contribution in [0.25, 0.3) is 0 Å². The van der Waals surface area contributed by atoms with Crippen LogP contribution in [0.15, 0.2) is 53.4 Å². The normalized spacial score (nSPS) is 11.3. The Morgan fingerprint density at radius 3 is 2.00 bits per heavy atom. The second kappa shape index (κ2) is 5.59. The van der Waals surface area contributed by atoms with Gasteiger partial charge in [0, 0.05) is 18.2 Å². The van der Waals surface area contributed by atoms with Crippen LogP contribution in [-0.4, -0.2) is 20.5 Å². The molecule has 0 saturated heterocycles. The average molecular weight is 288 g/mol. The molecule has 0 bridgehead atoms. The molecule has 2 aromatic rings. The zero-order valence-corrected chi connectivity index (χ0v) is 12.3. The summed E-state index contributed by atoms with van der Waals surface area (Å²) in [5.41, 5.74) is 2.59. The molecule has 0 unspecified atom stereocenters. The molecule has 104 valence electrons. The summed E-state index contributed by atoms with van der Waals surface area (Å²) in [5, 5.41) is 0. The Labute approximate surface area is 119 Å². The predicted molar refractivity (Wildman–Crippen MR) is 78.8 cm³/mol. The van der Waals surface area contributed by atoms with Gasteiger partial charge in [0.15, 0.2) is 15.6 Å². The van der Waals surface area contributed by atoms with Crippen LogP contribution < -0.4 is 0 Å². The van der Waals surface area contributed by atoms with E-state index in [1.165, 1.54) is 18.4 Å². The second-order valence-corrected chi connectivity index (χ2v) is 6.90. The topological polar surface area (TPSA) is 51.2 Å². The molecule has 0 aliphatic heterocycles. The summed E-state index contributed by atoms with van der Waals surface area (Å²) in [4.78, 5) is 12.4. The molecule has 0 spiro atoms. The number of Topliss-reactive ketones (excluding diaryl/α,β-unsaturated/α-hetero) is 1. The summed E-state index contributed by atoms with van der Waals surface area (Å²) in [6, 6.07) is 13.9. The molecule has 0 saturated carbocycles. The van der Waals surface area contributed by atoms with Crippen molar-refractivity contribution < 1.29 is 13.2 Å². The Morgan fingerprint density at radius 2 is 1.50 bits per heavy atom. The van der Waals surface area contributed by atoms with Crippen molar-refractivity contribution >= 4 is 15.6 Å². The lowest BCUT2D eigenvalue weighted by Gasteiger charge is -2.04. The number of rotatable bonds is 4. The van der Waals surface area contributed by atoms with Crippen molar-refractivity contribution in [2.75, 3.05) is 6.26 Å². The van der Waals surface area contributed by atoms with Crippen LogP contribution >= 0.6 is 0 Å². The van der Waals surface area contributed by atoms with Gasteiger partial charge in [-0.3, -0.25) is 4.79 Å². The van der Waals surface area contributed by atoms with Gasteiger partial charge in [-0.25, -0.2) is 8.42 Å². The van der Waals surface area contributed by atoms with Crippen LogP contribution in [0.4, 0.5) is 0 Å². The molecule has 3 nitrogen and oxygen atoms in total. The van der Waals surface area contributed by atoms with E-state index in [1.807, 2.05) is 31.2 Å². The molecule has 20 heavy (non-hydrogen) atoms. The smallest absolute Gasteiger partial charge is 0.175 e. The summed E-state index contributed by atoms with van der Waals surface area (Å²) in [7, 11) is -3.19. The lowest BCUT2D eigenvalue weighted by Crippen LogP contribution is -2.04. The minimum absolute atomic E-state index is 0.0251. The molecule has 4 heteroatoms. The number of hydrogen-bond acceptors (Lipinski definition) is 3. The van der Waals surface area contributed by atoms with Crippen LogP contribution in [0.3, 0.4) is 0 Å². The summed E-state index contributed by atoms with van der Waals surface area (Å²) in [5.74, 6) is 0.0251. The highest BCUT2D eigenvalue weighted by atomic mass is 32.2. The summed E-state index contributed by atoms with van der Waals surface area (Å²) < 4.78 is 22.7. The fourth-order valence-electron chi connectivity index (χ4n) is 1.88. The summed E-state index contributed by atoms with van der Waals surface area (Å²) >= 11 is 0. The number of hydrogen-bond donors (Lipinski definition) is 0. The minimum atomic E-state index is -3.19. The van der Waals surface area contributed by atoms with Gasteiger partial charge in [0.2, 0.25) is 0 Å². The number of carbonyl (C=O) groups is 1. The van der Waals surface area contributed by atoms with E-state index in [1.54, 1.807) is 12.1 Å². The first kappa shape index (κ1) is 14.5. The maximum Gasteiger partial charge on any atom is 0.175 e. The number of benzene rings is 2. The maximum atomic E-state index is 12.1. The quantitative estimate of drug-likeness (QED) is 0.813. The van der Waals surface area contributed by atoms with Crippen molar-refractivity contribution in [2.24, 2.45) is 0 Å². The molecular weight excluding hydrogens is 272 g/mol. The van der Waals surface area contributed by atoms with Gasteiger partial charge in [-0.15, -0.1) is 0 Å². The van der Waals surface area contributed by atoms with Crippen molar-refractivity contribution in [2.45, 2.75) is 18.2 Å².